The molecule has 0 atom stereocenters. The van der Waals surface area contributed by atoms with E-state index in [1.54, 1.807) is 18.0 Å². The zero-order chi connectivity index (χ0) is 13.1. The van der Waals surface area contributed by atoms with Gasteiger partial charge in [-0.05, 0) is 19.1 Å². The van der Waals surface area contributed by atoms with Crippen molar-refractivity contribution in [2.75, 3.05) is 25.5 Å². The van der Waals surface area contributed by atoms with Crippen LogP contribution in [0.4, 0.5) is 5.69 Å². The van der Waals surface area contributed by atoms with Gasteiger partial charge in [-0.25, -0.2) is 0 Å². The van der Waals surface area contributed by atoms with Crippen molar-refractivity contribution in [1.82, 2.24) is 13.6 Å². The number of anilines is 1. The fourth-order valence-corrected chi connectivity index (χ4v) is 2.23. The summed E-state index contributed by atoms with van der Waals surface area (Å²) >= 11 is 7.23. The monoisotopic (exact) mass is 284 g/mol. The van der Waals surface area contributed by atoms with Crippen LogP contribution < -0.4 is 5.32 Å². The van der Waals surface area contributed by atoms with Gasteiger partial charge in [0.15, 0.2) is 0 Å². The van der Waals surface area contributed by atoms with Gasteiger partial charge < -0.3 is 10.2 Å². The summed E-state index contributed by atoms with van der Waals surface area (Å²) < 4.78 is 8.32. The minimum Gasteiger partial charge on any atom is -0.373 e. The first-order valence-corrected chi connectivity index (χ1v) is 6.63. The Balaban J connectivity index is 2.19. The number of hydrogen-bond acceptors (Lipinski definition) is 5. The van der Waals surface area contributed by atoms with Crippen LogP contribution in [0.25, 0.3) is 11.0 Å². The van der Waals surface area contributed by atoms with E-state index in [1.807, 2.05) is 13.0 Å². The van der Waals surface area contributed by atoms with E-state index in [9.17, 15) is 4.79 Å². The summed E-state index contributed by atoms with van der Waals surface area (Å²) in [4.78, 5) is 13.4. The van der Waals surface area contributed by atoms with Crippen molar-refractivity contribution in [2.24, 2.45) is 0 Å². The molecular weight excluding hydrogens is 272 g/mol. The molecule has 1 aromatic carbocycles. The molecule has 0 saturated heterocycles. The molecule has 1 amide bonds. The number of hydrogen-bond donors (Lipinski definition) is 1. The van der Waals surface area contributed by atoms with Crippen molar-refractivity contribution in [3.8, 4) is 0 Å². The van der Waals surface area contributed by atoms with Gasteiger partial charge in [0.1, 0.15) is 11.0 Å². The molecule has 0 saturated carbocycles. The minimum absolute atomic E-state index is 0.00811. The van der Waals surface area contributed by atoms with Crippen molar-refractivity contribution >= 4 is 46.0 Å². The summed E-state index contributed by atoms with van der Waals surface area (Å²) in [7, 11) is 1.76. The zero-order valence-electron chi connectivity index (χ0n) is 10.1. The molecule has 96 valence electrons. The zero-order valence-corrected chi connectivity index (χ0v) is 11.7. The van der Waals surface area contributed by atoms with Crippen molar-refractivity contribution in [1.29, 1.82) is 0 Å². The number of carbonyl (C=O) groups excluding carboxylic acids is 1. The second-order valence-electron chi connectivity index (χ2n) is 3.82. The van der Waals surface area contributed by atoms with E-state index < -0.39 is 0 Å². The molecule has 7 heteroatoms. The average Bonchev–Trinajstić information content (AvgIpc) is 2.84. The molecule has 0 fully saturated rings. The fourth-order valence-electron chi connectivity index (χ4n) is 1.47. The number of amides is 1. The van der Waals surface area contributed by atoms with E-state index in [-0.39, 0.29) is 12.5 Å². The van der Waals surface area contributed by atoms with E-state index in [0.29, 0.717) is 22.8 Å². The van der Waals surface area contributed by atoms with Crippen LogP contribution in [-0.4, -0.2) is 39.7 Å². The lowest BCUT2D eigenvalue weighted by atomic mass is 10.2. The maximum atomic E-state index is 11.7. The Bertz CT molecular complexity index is 571. The fraction of sp³-hybridized carbons (Fsp3) is 0.364. The standard InChI is InChI=1S/C11H13ClN4OS/c1-3-16(2)9(17)6-13-10-7(12)4-5-8-11(10)15-18-14-8/h4-5,13H,3,6H2,1-2H3. The molecule has 0 spiro atoms. The number of fused-ring (bicyclic) bond motifs is 1. The molecule has 1 N–H and O–H groups in total. The molecule has 2 aromatic rings. The molecule has 0 aliphatic heterocycles. The third-order valence-corrected chi connectivity index (χ3v) is 3.55. The third-order valence-electron chi connectivity index (χ3n) is 2.69. The highest BCUT2D eigenvalue weighted by atomic mass is 35.5. The summed E-state index contributed by atoms with van der Waals surface area (Å²) in [5.74, 6) is 0.00811. The summed E-state index contributed by atoms with van der Waals surface area (Å²) in [5.41, 5.74) is 2.16. The predicted molar refractivity (Wildman–Crippen MR) is 74.2 cm³/mol. The lowest BCUT2D eigenvalue weighted by Crippen LogP contribution is -2.31. The first-order valence-electron chi connectivity index (χ1n) is 5.52. The normalized spacial score (nSPS) is 10.6. The molecular formula is C11H13ClN4OS. The van der Waals surface area contributed by atoms with Crippen LogP contribution >= 0.6 is 23.3 Å². The Kier molecular flexibility index (Phi) is 3.98. The van der Waals surface area contributed by atoms with Gasteiger partial charge in [-0.2, -0.15) is 8.75 Å². The highest BCUT2D eigenvalue weighted by Gasteiger charge is 2.12. The molecule has 0 aliphatic rings. The van der Waals surface area contributed by atoms with Crippen molar-refractivity contribution in [2.45, 2.75) is 6.92 Å². The van der Waals surface area contributed by atoms with Crippen molar-refractivity contribution < 1.29 is 4.79 Å². The number of likely N-dealkylation sites (N-methyl/N-ethyl adjacent to an activating group) is 1. The Labute approximate surface area is 114 Å². The molecule has 5 nitrogen and oxygen atoms in total. The second kappa shape index (κ2) is 5.49. The maximum Gasteiger partial charge on any atom is 0.241 e. The summed E-state index contributed by atoms with van der Waals surface area (Å²) in [5, 5.41) is 3.58. The topological polar surface area (TPSA) is 58.1 Å². The molecule has 0 bridgehead atoms. The van der Waals surface area contributed by atoms with Crippen LogP contribution in [0.2, 0.25) is 5.02 Å². The summed E-state index contributed by atoms with van der Waals surface area (Å²) in [6, 6.07) is 3.56. The number of rotatable bonds is 4. The summed E-state index contributed by atoms with van der Waals surface area (Å²) in [6.45, 7) is 2.80. The molecule has 2 rings (SSSR count). The van der Waals surface area contributed by atoms with Gasteiger partial charge in [0.25, 0.3) is 0 Å². The van der Waals surface area contributed by atoms with Gasteiger partial charge in [-0.3, -0.25) is 4.79 Å². The van der Waals surface area contributed by atoms with Crippen LogP contribution in [-0.2, 0) is 4.79 Å². The van der Waals surface area contributed by atoms with Gasteiger partial charge in [0.2, 0.25) is 5.91 Å². The Morgan fingerprint density at radius 1 is 1.50 bits per heavy atom. The van der Waals surface area contributed by atoms with E-state index in [2.05, 4.69) is 14.1 Å². The SMILES string of the molecule is CCN(C)C(=O)CNc1c(Cl)ccc2nsnc12. The number of aromatic nitrogens is 2. The molecule has 18 heavy (non-hydrogen) atoms. The lowest BCUT2D eigenvalue weighted by Gasteiger charge is -2.15. The number of nitrogens with one attached hydrogen (secondary N) is 1. The van der Waals surface area contributed by atoms with Crippen molar-refractivity contribution in [3.05, 3.63) is 17.2 Å². The second-order valence-corrected chi connectivity index (χ2v) is 4.75. The van der Waals surface area contributed by atoms with E-state index in [4.69, 9.17) is 11.6 Å². The van der Waals surface area contributed by atoms with E-state index in [0.717, 1.165) is 17.2 Å². The van der Waals surface area contributed by atoms with E-state index >= 15 is 0 Å². The minimum atomic E-state index is 0.00811. The van der Waals surface area contributed by atoms with Crippen molar-refractivity contribution in [3.63, 3.8) is 0 Å². The smallest absolute Gasteiger partial charge is 0.241 e. The molecule has 1 heterocycles. The third kappa shape index (κ3) is 2.54. The highest BCUT2D eigenvalue weighted by Crippen LogP contribution is 2.29. The maximum absolute atomic E-state index is 11.7. The summed E-state index contributed by atoms with van der Waals surface area (Å²) in [6.07, 6.45) is 0. The molecule has 0 unspecified atom stereocenters. The number of nitrogens with zero attached hydrogens (tertiary/aromatic N) is 3. The van der Waals surface area contributed by atoms with E-state index in [1.165, 1.54) is 0 Å². The van der Waals surface area contributed by atoms with Gasteiger partial charge in [-0.15, -0.1) is 0 Å². The van der Waals surface area contributed by atoms with Crippen LogP contribution in [0.3, 0.4) is 0 Å². The van der Waals surface area contributed by atoms with Gasteiger partial charge in [-0.1, -0.05) is 11.6 Å². The van der Waals surface area contributed by atoms with Crippen LogP contribution in [0.1, 0.15) is 6.92 Å². The Hall–Kier alpha value is -1.40. The Morgan fingerprint density at radius 3 is 3.00 bits per heavy atom. The largest absolute Gasteiger partial charge is 0.373 e. The molecule has 1 aromatic heterocycles. The van der Waals surface area contributed by atoms with Gasteiger partial charge in [0.05, 0.1) is 29.0 Å². The highest BCUT2D eigenvalue weighted by molar-refractivity contribution is 7.00. The lowest BCUT2D eigenvalue weighted by molar-refractivity contribution is -0.127. The van der Waals surface area contributed by atoms with Gasteiger partial charge in [0, 0.05) is 13.6 Å². The predicted octanol–water partition coefficient (Wildman–Crippen LogP) is 2.23. The van der Waals surface area contributed by atoms with Crippen LogP contribution in [0, 0.1) is 0 Å². The van der Waals surface area contributed by atoms with Crippen LogP contribution in [0.15, 0.2) is 12.1 Å². The quantitative estimate of drug-likeness (QED) is 0.935. The first-order chi connectivity index (χ1) is 8.63. The Morgan fingerprint density at radius 2 is 2.28 bits per heavy atom. The molecule has 0 radical (unpaired) electrons. The first kappa shape index (κ1) is 13.0. The average molecular weight is 285 g/mol. The van der Waals surface area contributed by atoms with Crippen LogP contribution in [0.5, 0.6) is 0 Å². The van der Waals surface area contributed by atoms with Gasteiger partial charge >= 0.3 is 0 Å². The number of carbonyl (C=O) groups is 1. The number of halogens is 1. The number of benzene rings is 1. The molecule has 0 aliphatic carbocycles.